The molecule has 3 nitrogen and oxygen atoms in total. The van der Waals surface area contributed by atoms with Crippen LogP contribution in [0, 0.1) is 0 Å². The summed E-state index contributed by atoms with van der Waals surface area (Å²) in [5.41, 5.74) is 4.71. The molecular formula is C23H19NO2S. The fraction of sp³-hybridized carbons (Fsp3) is 0.0870. The van der Waals surface area contributed by atoms with Crippen LogP contribution < -0.4 is 0 Å². The minimum atomic E-state index is -0.901. The zero-order valence-corrected chi connectivity index (χ0v) is 15.7. The fourth-order valence-corrected chi connectivity index (χ4v) is 3.83. The molecule has 0 aliphatic heterocycles. The molecule has 1 aromatic heterocycles. The Morgan fingerprint density at radius 2 is 1.78 bits per heavy atom. The average molecular weight is 373 g/mol. The summed E-state index contributed by atoms with van der Waals surface area (Å²) in [6.07, 6.45) is 2.08. The van der Waals surface area contributed by atoms with Gasteiger partial charge in [0.2, 0.25) is 0 Å². The molecule has 0 atom stereocenters. The summed E-state index contributed by atoms with van der Waals surface area (Å²) < 4.78 is 2.26. The van der Waals surface area contributed by atoms with Gasteiger partial charge < -0.3 is 9.67 Å². The van der Waals surface area contributed by atoms with Gasteiger partial charge in [-0.2, -0.15) is 0 Å². The zero-order valence-electron chi connectivity index (χ0n) is 14.9. The summed E-state index contributed by atoms with van der Waals surface area (Å²) in [6, 6.07) is 26.2. The Labute approximate surface area is 162 Å². The lowest BCUT2D eigenvalue weighted by Gasteiger charge is -2.12. The normalized spacial score (nSPS) is 11.0. The van der Waals surface area contributed by atoms with E-state index in [9.17, 15) is 9.90 Å². The minimum absolute atomic E-state index is 0.315. The Balaban J connectivity index is 1.87. The molecule has 1 heterocycles. The molecule has 0 saturated carbocycles. The molecule has 0 bridgehead atoms. The Morgan fingerprint density at radius 3 is 2.52 bits per heavy atom. The number of carboxylic acid groups (broad SMARTS) is 1. The molecule has 0 spiro atoms. The second-order valence-corrected chi connectivity index (χ2v) is 7.29. The van der Waals surface area contributed by atoms with Gasteiger partial charge in [0.25, 0.3) is 0 Å². The first-order valence-electron chi connectivity index (χ1n) is 8.70. The summed E-state index contributed by atoms with van der Waals surface area (Å²) in [7, 11) is 0. The van der Waals surface area contributed by atoms with Crippen molar-refractivity contribution in [3.63, 3.8) is 0 Å². The highest BCUT2D eigenvalue weighted by molar-refractivity contribution is 7.98. The van der Waals surface area contributed by atoms with Crippen molar-refractivity contribution in [2.45, 2.75) is 11.4 Å². The van der Waals surface area contributed by atoms with Crippen LogP contribution in [0.1, 0.15) is 15.9 Å². The number of nitrogens with zero attached hydrogens (tertiary/aromatic N) is 1. The van der Waals surface area contributed by atoms with E-state index in [4.69, 9.17) is 0 Å². The molecule has 3 aromatic carbocycles. The van der Waals surface area contributed by atoms with E-state index in [1.54, 1.807) is 30.0 Å². The predicted molar refractivity (Wildman–Crippen MR) is 112 cm³/mol. The van der Waals surface area contributed by atoms with Crippen LogP contribution in [0.15, 0.2) is 83.8 Å². The lowest BCUT2D eigenvalue weighted by molar-refractivity contribution is 0.0696. The first-order valence-corrected chi connectivity index (χ1v) is 9.93. The third kappa shape index (κ3) is 3.49. The number of carbonyl (C=O) groups is 1. The van der Waals surface area contributed by atoms with E-state index in [-0.39, 0.29) is 0 Å². The van der Waals surface area contributed by atoms with Crippen molar-refractivity contribution in [1.29, 1.82) is 0 Å². The van der Waals surface area contributed by atoms with Gasteiger partial charge in [0.15, 0.2) is 0 Å². The molecule has 1 N–H and O–H groups in total. The summed E-state index contributed by atoms with van der Waals surface area (Å²) >= 11 is 1.73. The van der Waals surface area contributed by atoms with Crippen LogP contribution in [0.4, 0.5) is 0 Å². The van der Waals surface area contributed by atoms with Gasteiger partial charge in [-0.25, -0.2) is 4.79 Å². The van der Waals surface area contributed by atoms with Crippen molar-refractivity contribution in [1.82, 2.24) is 4.57 Å². The van der Waals surface area contributed by atoms with Crippen molar-refractivity contribution in [3.05, 3.63) is 90.0 Å². The molecule has 4 aromatic rings. The van der Waals surface area contributed by atoms with Gasteiger partial charge in [-0.05, 0) is 53.8 Å². The number of thioether (sulfide) groups is 1. The maximum atomic E-state index is 11.3. The summed E-state index contributed by atoms with van der Waals surface area (Å²) in [6.45, 7) is 0.619. The van der Waals surface area contributed by atoms with E-state index >= 15 is 0 Å². The molecule has 0 radical (unpaired) electrons. The highest BCUT2D eigenvalue weighted by Crippen LogP contribution is 2.31. The smallest absolute Gasteiger partial charge is 0.335 e. The second kappa shape index (κ2) is 7.33. The summed E-state index contributed by atoms with van der Waals surface area (Å²) in [5, 5.41) is 10.5. The topological polar surface area (TPSA) is 42.2 Å². The maximum Gasteiger partial charge on any atom is 0.335 e. The number of hydrogen-bond donors (Lipinski definition) is 1. The van der Waals surface area contributed by atoms with Crippen LogP contribution >= 0.6 is 11.8 Å². The molecule has 4 rings (SSSR count). The van der Waals surface area contributed by atoms with Gasteiger partial charge in [-0.15, -0.1) is 11.8 Å². The highest BCUT2D eigenvalue weighted by atomic mass is 32.2. The lowest BCUT2D eigenvalue weighted by atomic mass is 10.1. The third-order valence-corrected chi connectivity index (χ3v) is 5.42. The quantitative estimate of drug-likeness (QED) is 0.451. The average Bonchev–Trinajstić information content (AvgIpc) is 3.06. The summed E-state index contributed by atoms with van der Waals surface area (Å²) in [5.74, 6) is -0.901. The molecule has 0 fully saturated rings. The van der Waals surface area contributed by atoms with Gasteiger partial charge >= 0.3 is 5.97 Å². The molecule has 0 aliphatic carbocycles. The van der Waals surface area contributed by atoms with E-state index in [2.05, 4.69) is 47.2 Å². The van der Waals surface area contributed by atoms with Gasteiger partial charge in [-0.3, -0.25) is 0 Å². The monoisotopic (exact) mass is 373 g/mol. The molecular weight excluding hydrogens is 354 g/mol. The first-order chi connectivity index (χ1) is 13.2. The van der Waals surface area contributed by atoms with Gasteiger partial charge in [0.05, 0.1) is 5.56 Å². The highest BCUT2D eigenvalue weighted by Gasteiger charge is 2.12. The van der Waals surface area contributed by atoms with Crippen LogP contribution in [-0.4, -0.2) is 21.9 Å². The Morgan fingerprint density at radius 1 is 0.963 bits per heavy atom. The molecule has 0 amide bonds. The largest absolute Gasteiger partial charge is 0.478 e. The number of hydrogen-bond acceptors (Lipinski definition) is 2. The summed E-state index contributed by atoms with van der Waals surface area (Å²) in [4.78, 5) is 12.5. The van der Waals surface area contributed by atoms with E-state index in [1.165, 1.54) is 10.3 Å². The van der Waals surface area contributed by atoms with E-state index < -0.39 is 5.97 Å². The molecule has 0 aliphatic rings. The number of fused-ring (bicyclic) bond motifs is 1. The van der Waals surface area contributed by atoms with Crippen molar-refractivity contribution in [2.24, 2.45) is 0 Å². The van der Waals surface area contributed by atoms with Crippen LogP contribution in [0.5, 0.6) is 0 Å². The number of aromatic carboxylic acids is 1. The minimum Gasteiger partial charge on any atom is -0.478 e. The van der Waals surface area contributed by atoms with E-state index in [0.717, 1.165) is 22.3 Å². The maximum absolute atomic E-state index is 11.3. The standard InChI is InChI=1S/C23H19NO2S/c1-27-20-10-11-21-19(13-20)14-22(17-7-3-2-4-8-17)24(21)15-16-6-5-9-18(12-16)23(25)26/h2-14H,15H2,1H3,(H,25,26). The molecule has 134 valence electrons. The van der Waals surface area contributed by atoms with E-state index in [0.29, 0.717) is 12.1 Å². The lowest BCUT2D eigenvalue weighted by Crippen LogP contribution is -2.04. The Kier molecular flexibility index (Phi) is 4.73. The molecule has 0 saturated heterocycles. The van der Waals surface area contributed by atoms with Gasteiger partial charge in [0, 0.05) is 28.0 Å². The third-order valence-electron chi connectivity index (χ3n) is 4.69. The number of benzene rings is 3. The SMILES string of the molecule is CSc1ccc2c(c1)cc(-c1ccccc1)n2Cc1cccc(C(=O)O)c1. The van der Waals surface area contributed by atoms with Crippen LogP contribution in [0.3, 0.4) is 0 Å². The van der Waals surface area contributed by atoms with E-state index in [1.807, 2.05) is 24.3 Å². The van der Waals surface area contributed by atoms with Crippen molar-refractivity contribution >= 4 is 28.6 Å². The van der Waals surface area contributed by atoms with Crippen LogP contribution in [0.25, 0.3) is 22.2 Å². The first kappa shape index (κ1) is 17.4. The molecule has 0 unspecified atom stereocenters. The Bertz CT molecular complexity index is 1120. The van der Waals surface area contributed by atoms with Gasteiger partial charge in [0.1, 0.15) is 0 Å². The second-order valence-electron chi connectivity index (χ2n) is 6.41. The predicted octanol–water partition coefficient (Wildman–Crippen LogP) is 5.78. The fourth-order valence-electron chi connectivity index (χ4n) is 3.38. The Hall–Kier alpha value is -2.98. The van der Waals surface area contributed by atoms with Crippen LogP contribution in [-0.2, 0) is 6.54 Å². The van der Waals surface area contributed by atoms with Crippen molar-refractivity contribution in [2.75, 3.05) is 6.26 Å². The number of rotatable bonds is 5. The zero-order chi connectivity index (χ0) is 18.8. The van der Waals surface area contributed by atoms with Crippen LogP contribution in [0.2, 0.25) is 0 Å². The number of aromatic nitrogens is 1. The molecule has 27 heavy (non-hydrogen) atoms. The number of carboxylic acids is 1. The molecule has 4 heteroatoms. The van der Waals surface area contributed by atoms with Gasteiger partial charge in [-0.1, -0.05) is 42.5 Å². The van der Waals surface area contributed by atoms with Crippen molar-refractivity contribution in [3.8, 4) is 11.3 Å². The van der Waals surface area contributed by atoms with Crippen molar-refractivity contribution < 1.29 is 9.90 Å².